The predicted octanol–water partition coefficient (Wildman–Crippen LogP) is 2.03. The Morgan fingerprint density at radius 1 is 1.30 bits per heavy atom. The number of benzene rings is 1. The average Bonchev–Trinajstić information content (AvgIpc) is 2.95. The summed E-state index contributed by atoms with van der Waals surface area (Å²) in [6.45, 7) is 3.54. The molecule has 1 heterocycles. The maximum absolute atomic E-state index is 12.5. The van der Waals surface area contributed by atoms with Gasteiger partial charge in [0, 0.05) is 19.7 Å². The Hall–Kier alpha value is -0.910. The van der Waals surface area contributed by atoms with Crippen LogP contribution < -0.4 is 0 Å². The molecule has 0 saturated carbocycles. The maximum Gasteiger partial charge on any atom is 0.243 e. The fourth-order valence-electron chi connectivity index (χ4n) is 2.61. The van der Waals surface area contributed by atoms with Gasteiger partial charge in [0.1, 0.15) is 0 Å². The molecule has 20 heavy (non-hydrogen) atoms. The molecule has 0 bridgehead atoms. The Kier molecular flexibility index (Phi) is 5.18. The monoisotopic (exact) mass is 297 g/mol. The van der Waals surface area contributed by atoms with Crippen LogP contribution in [0.4, 0.5) is 0 Å². The number of aliphatic hydroxyl groups is 1. The Bertz CT molecular complexity index is 525. The van der Waals surface area contributed by atoms with Crippen LogP contribution in [0.25, 0.3) is 0 Å². The van der Waals surface area contributed by atoms with Gasteiger partial charge in [-0.15, -0.1) is 0 Å². The van der Waals surface area contributed by atoms with E-state index in [1.165, 1.54) is 0 Å². The van der Waals surface area contributed by atoms with Gasteiger partial charge in [0.05, 0.1) is 4.90 Å². The number of sulfonamides is 1. The molecule has 0 spiro atoms. The molecule has 1 aromatic carbocycles. The molecule has 2 rings (SSSR count). The van der Waals surface area contributed by atoms with Crippen LogP contribution in [0.15, 0.2) is 29.2 Å². The molecule has 0 radical (unpaired) electrons. The minimum atomic E-state index is -3.34. The lowest BCUT2D eigenvalue weighted by Crippen LogP contribution is -2.28. The molecular weight excluding hydrogens is 274 g/mol. The molecule has 0 amide bonds. The summed E-state index contributed by atoms with van der Waals surface area (Å²) in [6, 6.07) is 7.05. The second kappa shape index (κ2) is 6.70. The minimum Gasteiger partial charge on any atom is -0.396 e. The zero-order valence-corrected chi connectivity index (χ0v) is 12.8. The number of aliphatic hydroxyl groups excluding tert-OH is 1. The molecule has 1 unspecified atom stereocenters. The lowest BCUT2D eigenvalue weighted by atomic mass is 10.1. The van der Waals surface area contributed by atoms with Gasteiger partial charge in [-0.25, -0.2) is 8.42 Å². The molecule has 0 aliphatic carbocycles. The molecule has 1 N–H and O–H groups in total. The van der Waals surface area contributed by atoms with E-state index in [1.54, 1.807) is 16.4 Å². The molecule has 1 aliphatic heterocycles. The third kappa shape index (κ3) is 3.40. The summed E-state index contributed by atoms with van der Waals surface area (Å²) in [4.78, 5) is 0.377. The summed E-state index contributed by atoms with van der Waals surface area (Å²) in [7, 11) is -3.34. The van der Waals surface area contributed by atoms with Crippen molar-refractivity contribution in [2.24, 2.45) is 5.92 Å². The summed E-state index contributed by atoms with van der Waals surface area (Å²) >= 11 is 0. The molecule has 1 atom stereocenters. The topological polar surface area (TPSA) is 57.6 Å². The number of aryl methyl sites for hydroxylation is 1. The minimum absolute atomic E-state index is 0.159. The van der Waals surface area contributed by atoms with Gasteiger partial charge in [-0.05, 0) is 42.9 Å². The molecule has 5 heteroatoms. The van der Waals surface area contributed by atoms with Crippen molar-refractivity contribution < 1.29 is 13.5 Å². The van der Waals surface area contributed by atoms with Crippen LogP contribution in [0.3, 0.4) is 0 Å². The summed E-state index contributed by atoms with van der Waals surface area (Å²) in [5, 5.41) is 8.80. The van der Waals surface area contributed by atoms with E-state index < -0.39 is 10.0 Å². The first-order valence-corrected chi connectivity index (χ1v) is 8.72. The van der Waals surface area contributed by atoms with E-state index in [0.717, 1.165) is 24.8 Å². The van der Waals surface area contributed by atoms with Crippen LogP contribution in [0.1, 0.15) is 31.7 Å². The van der Waals surface area contributed by atoms with Crippen LogP contribution in [0.5, 0.6) is 0 Å². The van der Waals surface area contributed by atoms with E-state index in [4.69, 9.17) is 5.11 Å². The SMILES string of the molecule is CCC1CCN(S(=O)(=O)c2ccc(CCCO)cc2)C1. The van der Waals surface area contributed by atoms with E-state index in [1.807, 2.05) is 12.1 Å². The molecule has 1 aromatic rings. The van der Waals surface area contributed by atoms with Crippen molar-refractivity contribution >= 4 is 10.0 Å². The average molecular weight is 297 g/mol. The third-order valence-corrected chi connectivity index (χ3v) is 5.89. The Labute approximate surface area is 121 Å². The highest BCUT2D eigenvalue weighted by Crippen LogP contribution is 2.26. The van der Waals surface area contributed by atoms with E-state index in [2.05, 4.69) is 6.92 Å². The molecule has 112 valence electrons. The first-order chi connectivity index (χ1) is 9.57. The number of hydrogen-bond acceptors (Lipinski definition) is 3. The van der Waals surface area contributed by atoms with E-state index in [9.17, 15) is 8.42 Å². The lowest BCUT2D eigenvalue weighted by molar-refractivity contribution is 0.288. The predicted molar refractivity (Wildman–Crippen MR) is 79.0 cm³/mol. The van der Waals surface area contributed by atoms with Crippen molar-refractivity contribution in [2.75, 3.05) is 19.7 Å². The standard InChI is InChI=1S/C15H23NO3S/c1-2-13-9-10-16(12-13)20(18,19)15-7-5-14(6-8-15)4-3-11-17/h5-8,13,17H,2-4,9-12H2,1H3. The number of rotatable bonds is 6. The van der Waals surface area contributed by atoms with Crippen molar-refractivity contribution in [3.63, 3.8) is 0 Å². The zero-order valence-electron chi connectivity index (χ0n) is 12.0. The van der Waals surface area contributed by atoms with Crippen molar-refractivity contribution in [3.8, 4) is 0 Å². The summed E-state index contributed by atoms with van der Waals surface area (Å²) < 4.78 is 26.6. The van der Waals surface area contributed by atoms with E-state index in [0.29, 0.717) is 30.3 Å². The van der Waals surface area contributed by atoms with E-state index in [-0.39, 0.29) is 6.61 Å². The van der Waals surface area contributed by atoms with Crippen LogP contribution in [0, 0.1) is 5.92 Å². The molecule has 1 saturated heterocycles. The largest absolute Gasteiger partial charge is 0.396 e. The van der Waals surface area contributed by atoms with Crippen molar-refractivity contribution in [3.05, 3.63) is 29.8 Å². The fraction of sp³-hybridized carbons (Fsp3) is 0.600. The van der Waals surface area contributed by atoms with E-state index >= 15 is 0 Å². The fourth-order valence-corrected chi connectivity index (χ4v) is 4.14. The summed E-state index contributed by atoms with van der Waals surface area (Å²) in [5.41, 5.74) is 1.06. The Morgan fingerprint density at radius 3 is 2.55 bits per heavy atom. The smallest absolute Gasteiger partial charge is 0.243 e. The quantitative estimate of drug-likeness (QED) is 0.874. The molecule has 1 aliphatic rings. The van der Waals surface area contributed by atoms with Gasteiger partial charge < -0.3 is 5.11 Å². The van der Waals surface area contributed by atoms with Gasteiger partial charge in [0.2, 0.25) is 10.0 Å². The number of hydrogen-bond donors (Lipinski definition) is 1. The van der Waals surface area contributed by atoms with Crippen LogP contribution >= 0.6 is 0 Å². The Morgan fingerprint density at radius 2 is 2.00 bits per heavy atom. The van der Waals surface area contributed by atoms with Crippen LogP contribution in [-0.2, 0) is 16.4 Å². The second-order valence-electron chi connectivity index (χ2n) is 5.40. The first kappa shape index (κ1) is 15.5. The maximum atomic E-state index is 12.5. The molecule has 1 fully saturated rings. The van der Waals surface area contributed by atoms with Crippen molar-refractivity contribution in [1.82, 2.24) is 4.31 Å². The second-order valence-corrected chi connectivity index (χ2v) is 7.34. The van der Waals surface area contributed by atoms with Gasteiger partial charge in [-0.3, -0.25) is 0 Å². The zero-order chi connectivity index (χ0) is 14.6. The summed E-state index contributed by atoms with van der Waals surface area (Å²) in [6.07, 6.45) is 3.48. The van der Waals surface area contributed by atoms with Gasteiger partial charge >= 0.3 is 0 Å². The highest BCUT2D eigenvalue weighted by molar-refractivity contribution is 7.89. The molecule has 0 aromatic heterocycles. The van der Waals surface area contributed by atoms with Crippen molar-refractivity contribution in [1.29, 1.82) is 0 Å². The highest BCUT2D eigenvalue weighted by atomic mass is 32.2. The van der Waals surface area contributed by atoms with Gasteiger partial charge in [-0.2, -0.15) is 4.31 Å². The van der Waals surface area contributed by atoms with Crippen molar-refractivity contribution in [2.45, 2.75) is 37.5 Å². The van der Waals surface area contributed by atoms with Gasteiger partial charge in [0.15, 0.2) is 0 Å². The van der Waals surface area contributed by atoms with Crippen LogP contribution in [-0.4, -0.2) is 37.5 Å². The summed E-state index contributed by atoms with van der Waals surface area (Å²) in [5.74, 6) is 0.494. The number of nitrogens with zero attached hydrogens (tertiary/aromatic N) is 1. The normalized spacial score (nSPS) is 20.4. The lowest BCUT2D eigenvalue weighted by Gasteiger charge is -2.16. The Balaban J connectivity index is 2.10. The van der Waals surface area contributed by atoms with Gasteiger partial charge in [0.25, 0.3) is 0 Å². The molecular formula is C15H23NO3S. The van der Waals surface area contributed by atoms with Crippen LogP contribution in [0.2, 0.25) is 0 Å². The first-order valence-electron chi connectivity index (χ1n) is 7.28. The highest BCUT2D eigenvalue weighted by Gasteiger charge is 2.31. The third-order valence-electron chi connectivity index (χ3n) is 4.01. The van der Waals surface area contributed by atoms with Gasteiger partial charge in [-0.1, -0.05) is 25.5 Å². The molecule has 4 nitrogen and oxygen atoms in total.